The molecule has 1 aliphatic heterocycles. The van der Waals surface area contributed by atoms with Crippen LogP contribution in [0.15, 0.2) is 24.3 Å². The van der Waals surface area contributed by atoms with Crippen molar-refractivity contribution in [3.63, 3.8) is 0 Å². The average Bonchev–Trinajstić information content (AvgIpc) is 2.68. The van der Waals surface area contributed by atoms with Gasteiger partial charge in [-0.3, -0.25) is 0 Å². The van der Waals surface area contributed by atoms with Crippen molar-refractivity contribution >= 4 is 0 Å². The Balaban J connectivity index is 1.98. The molecular formula is C11H14O4. The van der Waals surface area contributed by atoms with Gasteiger partial charge in [0.05, 0.1) is 12.7 Å². The molecule has 4 heteroatoms. The summed E-state index contributed by atoms with van der Waals surface area (Å²) in [5.74, 6) is 0.226. The van der Waals surface area contributed by atoms with Crippen molar-refractivity contribution in [3.05, 3.63) is 29.8 Å². The van der Waals surface area contributed by atoms with Crippen molar-refractivity contribution in [1.82, 2.24) is 0 Å². The molecule has 2 rings (SSSR count). The Morgan fingerprint density at radius 3 is 2.67 bits per heavy atom. The third kappa shape index (κ3) is 2.47. The van der Waals surface area contributed by atoms with Gasteiger partial charge in [-0.15, -0.1) is 0 Å². The molecule has 1 saturated heterocycles. The fraction of sp³-hybridized carbons (Fsp3) is 0.455. The Morgan fingerprint density at radius 2 is 2.00 bits per heavy atom. The molecule has 2 atom stereocenters. The third-order valence-electron chi connectivity index (χ3n) is 2.37. The second-order valence-corrected chi connectivity index (χ2v) is 3.53. The van der Waals surface area contributed by atoms with Crippen LogP contribution in [-0.2, 0) is 9.47 Å². The van der Waals surface area contributed by atoms with Crippen LogP contribution >= 0.6 is 0 Å². The first-order chi connectivity index (χ1) is 7.29. The van der Waals surface area contributed by atoms with Gasteiger partial charge >= 0.3 is 0 Å². The molecule has 1 fully saturated rings. The van der Waals surface area contributed by atoms with Crippen molar-refractivity contribution in [2.24, 2.45) is 0 Å². The average molecular weight is 210 g/mol. The van der Waals surface area contributed by atoms with Crippen LogP contribution < -0.4 is 0 Å². The smallest absolute Gasteiger partial charge is 0.184 e. The number of ether oxygens (including phenoxy) is 2. The Kier molecular flexibility index (Phi) is 3.20. The van der Waals surface area contributed by atoms with Gasteiger partial charge in [0.15, 0.2) is 6.29 Å². The van der Waals surface area contributed by atoms with Crippen LogP contribution in [-0.4, -0.2) is 29.5 Å². The van der Waals surface area contributed by atoms with Crippen molar-refractivity contribution in [2.45, 2.75) is 18.8 Å². The number of benzene rings is 1. The number of rotatable bonds is 3. The lowest BCUT2D eigenvalue weighted by Crippen LogP contribution is -2.11. The van der Waals surface area contributed by atoms with Gasteiger partial charge in [0.2, 0.25) is 0 Å². The lowest BCUT2D eigenvalue weighted by molar-refractivity contribution is -0.0627. The fourth-order valence-electron chi connectivity index (χ4n) is 1.55. The van der Waals surface area contributed by atoms with Crippen LogP contribution in [0, 0.1) is 0 Å². The lowest BCUT2D eigenvalue weighted by Gasteiger charge is -2.10. The highest BCUT2D eigenvalue weighted by molar-refractivity contribution is 5.26. The molecule has 1 aliphatic rings. The molecule has 82 valence electrons. The van der Waals surface area contributed by atoms with Gasteiger partial charge < -0.3 is 19.7 Å². The molecule has 0 radical (unpaired) electrons. The Labute approximate surface area is 88.1 Å². The van der Waals surface area contributed by atoms with Gasteiger partial charge in [-0.1, -0.05) is 12.1 Å². The number of hydrogen-bond donors (Lipinski definition) is 2. The second kappa shape index (κ2) is 4.61. The molecule has 1 heterocycles. The Bertz CT molecular complexity index is 309. The quantitative estimate of drug-likeness (QED) is 0.786. The van der Waals surface area contributed by atoms with Gasteiger partial charge in [-0.25, -0.2) is 0 Å². The normalized spacial score (nSPS) is 25.7. The maximum absolute atomic E-state index is 9.12. The summed E-state index contributed by atoms with van der Waals surface area (Å²) in [7, 11) is 0. The van der Waals surface area contributed by atoms with Crippen LogP contribution in [0.3, 0.4) is 0 Å². The van der Waals surface area contributed by atoms with Crippen molar-refractivity contribution in [2.75, 3.05) is 13.2 Å². The van der Waals surface area contributed by atoms with E-state index in [9.17, 15) is 0 Å². The third-order valence-corrected chi connectivity index (χ3v) is 2.37. The summed E-state index contributed by atoms with van der Waals surface area (Å²) in [5, 5.41) is 17.9. The molecule has 1 aromatic rings. The molecule has 0 bridgehead atoms. The topological polar surface area (TPSA) is 58.9 Å². The molecule has 15 heavy (non-hydrogen) atoms. The summed E-state index contributed by atoms with van der Waals surface area (Å²) in [4.78, 5) is 0. The molecule has 0 saturated carbocycles. The molecule has 2 unspecified atom stereocenters. The predicted octanol–water partition coefficient (Wildman–Crippen LogP) is 1.19. The minimum atomic E-state index is -0.373. The van der Waals surface area contributed by atoms with Crippen molar-refractivity contribution in [3.8, 4) is 5.75 Å². The van der Waals surface area contributed by atoms with Gasteiger partial charge in [-0.05, 0) is 18.6 Å². The zero-order chi connectivity index (χ0) is 10.7. The zero-order valence-corrected chi connectivity index (χ0v) is 8.30. The summed E-state index contributed by atoms with van der Waals surface area (Å²) in [6, 6.07) is 6.73. The van der Waals surface area contributed by atoms with E-state index in [1.807, 2.05) is 0 Å². The monoisotopic (exact) mass is 210 g/mol. The first-order valence-electron chi connectivity index (χ1n) is 4.96. The Hall–Kier alpha value is -1.10. The van der Waals surface area contributed by atoms with Crippen LogP contribution in [0.2, 0.25) is 0 Å². The summed E-state index contributed by atoms with van der Waals surface area (Å²) in [6.45, 7) is 0.614. The largest absolute Gasteiger partial charge is 0.508 e. The minimum absolute atomic E-state index is 0.0335. The van der Waals surface area contributed by atoms with E-state index in [0.29, 0.717) is 13.0 Å². The van der Waals surface area contributed by atoms with E-state index in [4.69, 9.17) is 19.7 Å². The number of aliphatic hydroxyl groups is 1. The van der Waals surface area contributed by atoms with E-state index in [2.05, 4.69) is 0 Å². The molecule has 4 nitrogen and oxygen atoms in total. The first-order valence-corrected chi connectivity index (χ1v) is 4.96. The van der Waals surface area contributed by atoms with Gasteiger partial charge in [0, 0.05) is 12.2 Å². The van der Waals surface area contributed by atoms with E-state index in [1.165, 1.54) is 0 Å². The second-order valence-electron chi connectivity index (χ2n) is 3.53. The predicted molar refractivity (Wildman–Crippen MR) is 53.4 cm³/mol. The van der Waals surface area contributed by atoms with Crippen LogP contribution in [0.5, 0.6) is 5.75 Å². The maximum atomic E-state index is 9.12. The van der Waals surface area contributed by atoms with E-state index < -0.39 is 0 Å². The number of hydrogen-bond acceptors (Lipinski definition) is 4. The summed E-state index contributed by atoms with van der Waals surface area (Å²) < 4.78 is 11.0. The standard InChI is InChI=1S/C11H14O4/c12-6-5-10-7-14-11(15-10)8-1-3-9(13)4-2-8/h1-4,10-13H,5-7H2. The maximum Gasteiger partial charge on any atom is 0.184 e. The highest BCUT2D eigenvalue weighted by Gasteiger charge is 2.26. The van der Waals surface area contributed by atoms with Gasteiger partial charge in [0.25, 0.3) is 0 Å². The molecule has 0 amide bonds. The minimum Gasteiger partial charge on any atom is -0.508 e. The molecule has 1 aromatic carbocycles. The highest BCUT2D eigenvalue weighted by atomic mass is 16.7. The van der Waals surface area contributed by atoms with Gasteiger partial charge in [-0.2, -0.15) is 0 Å². The highest BCUT2D eigenvalue weighted by Crippen LogP contribution is 2.28. The molecule has 0 aliphatic carbocycles. The SMILES string of the molecule is OCCC1COC(c2ccc(O)cc2)O1. The number of phenolic OH excluding ortho intramolecular Hbond substituents is 1. The molecule has 2 N–H and O–H groups in total. The lowest BCUT2D eigenvalue weighted by atomic mass is 10.2. The molecule has 0 aromatic heterocycles. The van der Waals surface area contributed by atoms with Crippen LogP contribution in [0.25, 0.3) is 0 Å². The van der Waals surface area contributed by atoms with E-state index in [0.717, 1.165) is 5.56 Å². The fourth-order valence-corrected chi connectivity index (χ4v) is 1.55. The number of aromatic hydroxyl groups is 1. The summed E-state index contributed by atoms with van der Waals surface area (Å²) in [5.41, 5.74) is 0.883. The number of aliphatic hydroxyl groups excluding tert-OH is 1. The van der Waals surface area contributed by atoms with Crippen LogP contribution in [0.4, 0.5) is 0 Å². The summed E-state index contributed by atoms with van der Waals surface area (Å²) in [6.07, 6.45) is 0.185. The van der Waals surface area contributed by atoms with Crippen LogP contribution in [0.1, 0.15) is 18.3 Å². The van der Waals surface area contributed by atoms with E-state index >= 15 is 0 Å². The van der Waals surface area contributed by atoms with Gasteiger partial charge in [0.1, 0.15) is 5.75 Å². The van der Waals surface area contributed by atoms with Crippen molar-refractivity contribution in [1.29, 1.82) is 0 Å². The van der Waals surface area contributed by atoms with E-state index in [-0.39, 0.29) is 24.8 Å². The van der Waals surface area contributed by atoms with Crippen molar-refractivity contribution < 1.29 is 19.7 Å². The first kappa shape index (κ1) is 10.4. The molecular weight excluding hydrogens is 196 g/mol. The van der Waals surface area contributed by atoms with E-state index in [1.54, 1.807) is 24.3 Å². The summed E-state index contributed by atoms with van der Waals surface area (Å²) >= 11 is 0. The Morgan fingerprint density at radius 1 is 1.27 bits per heavy atom. The number of phenols is 1. The molecule has 0 spiro atoms. The zero-order valence-electron chi connectivity index (χ0n) is 8.30.